The summed E-state index contributed by atoms with van der Waals surface area (Å²) in [6.45, 7) is 3.07. The van der Waals surface area contributed by atoms with Crippen LogP contribution in [0.25, 0.3) is 10.7 Å². The van der Waals surface area contributed by atoms with Crippen molar-refractivity contribution in [3.8, 4) is 10.7 Å². The average molecular weight is 247 g/mol. The minimum Gasteiger partial charge on any atom is -0.313 e. The smallest absolute Gasteiger partial charge is 0.173 e. The van der Waals surface area contributed by atoms with Gasteiger partial charge in [0.25, 0.3) is 0 Å². The molecular weight excluding hydrogens is 230 g/mol. The van der Waals surface area contributed by atoms with E-state index >= 15 is 0 Å². The van der Waals surface area contributed by atoms with Crippen LogP contribution in [0.2, 0.25) is 0 Å². The summed E-state index contributed by atoms with van der Waals surface area (Å²) in [5, 5.41) is 8.26. The molecule has 4 heteroatoms. The summed E-state index contributed by atoms with van der Waals surface area (Å²) in [6.07, 6.45) is 8.37. The molecule has 2 heterocycles. The number of hydrogen-bond acceptors (Lipinski definition) is 3. The van der Waals surface area contributed by atoms with E-state index in [2.05, 4.69) is 27.8 Å². The second-order valence-corrected chi connectivity index (χ2v) is 5.70. The Morgan fingerprint density at radius 2 is 2.18 bits per heavy atom. The number of nitrogens with zero attached hydrogens (tertiary/aromatic N) is 3. The van der Waals surface area contributed by atoms with Crippen molar-refractivity contribution in [2.45, 2.75) is 45.6 Å². The molecule has 3 rings (SSSR count). The van der Waals surface area contributed by atoms with E-state index in [1.54, 1.807) is 10.4 Å². The summed E-state index contributed by atoms with van der Waals surface area (Å²) in [5.41, 5.74) is 1.55. The second-order valence-electron chi connectivity index (χ2n) is 4.56. The Morgan fingerprint density at radius 3 is 3.06 bits per heavy atom. The number of rotatable bonds is 2. The molecule has 0 saturated heterocycles. The van der Waals surface area contributed by atoms with Gasteiger partial charge in [-0.15, -0.1) is 21.5 Å². The lowest BCUT2D eigenvalue weighted by molar-refractivity contribution is 0.712. The molecule has 0 unspecified atom stereocenters. The topological polar surface area (TPSA) is 30.7 Å². The Balaban J connectivity index is 1.99. The summed E-state index contributed by atoms with van der Waals surface area (Å²) < 4.78 is 2.12. The molecule has 0 N–H and O–H groups in total. The molecule has 0 aliphatic heterocycles. The summed E-state index contributed by atoms with van der Waals surface area (Å²) in [4.78, 5) is 2.86. The quantitative estimate of drug-likeness (QED) is 0.762. The van der Waals surface area contributed by atoms with Crippen LogP contribution in [0, 0.1) is 0 Å². The Hall–Kier alpha value is -1.16. The van der Waals surface area contributed by atoms with Crippen LogP contribution in [0.15, 0.2) is 12.4 Å². The van der Waals surface area contributed by atoms with Gasteiger partial charge in [-0.1, -0.05) is 6.42 Å². The molecule has 1 aliphatic rings. The third-order valence-corrected chi connectivity index (χ3v) is 4.66. The number of aromatic nitrogens is 3. The lowest BCUT2D eigenvalue weighted by atomic mass is 10.1. The fraction of sp³-hybridized carbons (Fsp3) is 0.538. The summed E-state index contributed by atoms with van der Waals surface area (Å²) in [7, 11) is 0. The zero-order valence-electron chi connectivity index (χ0n) is 10.1. The fourth-order valence-electron chi connectivity index (χ4n) is 2.45. The zero-order chi connectivity index (χ0) is 11.7. The maximum atomic E-state index is 4.25. The Kier molecular flexibility index (Phi) is 2.97. The first-order chi connectivity index (χ1) is 8.38. The van der Waals surface area contributed by atoms with Crippen LogP contribution in [0.1, 0.15) is 36.6 Å². The molecule has 0 atom stereocenters. The van der Waals surface area contributed by atoms with E-state index in [4.69, 9.17) is 0 Å². The van der Waals surface area contributed by atoms with Crippen molar-refractivity contribution in [2.75, 3.05) is 0 Å². The lowest BCUT2D eigenvalue weighted by Gasteiger charge is -1.99. The monoisotopic (exact) mass is 247 g/mol. The highest BCUT2D eigenvalue weighted by molar-refractivity contribution is 7.15. The number of thiophene rings is 1. The highest BCUT2D eigenvalue weighted by Crippen LogP contribution is 2.34. The molecule has 0 radical (unpaired) electrons. The van der Waals surface area contributed by atoms with E-state index < -0.39 is 0 Å². The predicted octanol–water partition coefficient (Wildman–Crippen LogP) is 3.30. The summed E-state index contributed by atoms with van der Waals surface area (Å²) in [6, 6.07) is 2.33. The molecule has 0 saturated carbocycles. The highest BCUT2D eigenvalue weighted by Gasteiger charge is 2.15. The molecule has 0 fully saturated rings. The SMILES string of the molecule is CCn1cnnc1-c1cc2c(s1)CCCCC2. The molecule has 2 aromatic rings. The first-order valence-electron chi connectivity index (χ1n) is 6.38. The van der Waals surface area contributed by atoms with Crippen LogP contribution in [-0.2, 0) is 19.4 Å². The minimum atomic E-state index is 0.935. The third kappa shape index (κ3) is 2.02. The van der Waals surface area contributed by atoms with Gasteiger partial charge < -0.3 is 4.57 Å². The van der Waals surface area contributed by atoms with Crippen molar-refractivity contribution in [3.63, 3.8) is 0 Å². The van der Waals surface area contributed by atoms with Gasteiger partial charge in [0, 0.05) is 11.4 Å². The summed E-state index contributed by atoms with van der Waals surface area (Å²) >= 11 is 1.91. The first-order valence-corrected chi connectivity index (χ1v) is 7.20. The van der Waals surface area contributed by atoms with E-state index in [-0.39, 0.29) is 0 Å². The van der Waals surface area contributed by atoms with Gasteiger partial charge in [0.15, 0.2) is 5.82 Å². The summed E-state index contributed by atoms with van der Waals surface area (Å²) in [5.74, 6) is 1.03. The van der Waals surface area contributed by atoms with Crippen LogP contribution >= 0.6 is 11.3 Å². The molecule has 90 valence electrons. The van der Waals surface area contributed by atoms with Crippen LogP contribution in [0.3, 0.4) is 0 Å². The van der Waals surface area contributed by atoms with Gasteiger partial charge in [0.05, 0.1) is 4.88 Å². The lowest BCUT2D eigenvalue weighted by Crippen LogP contribution is -1.94. The largest absolute Gasteiger partial charge is 0.313 e. The van der Waals surface area contributed by atoms with E-state index in [1.165, 1.54) is 37.0 Å². The molecular formula is C13H17N3S. The molecule has 3 nitrogen and oxygen atoms in total. The second kappa shape index (κ2) is 4.61. The molecule has 0 amide bonds. The fourth-order valence-corrected chi connectivity index (χ4v) is 3.71. The van der Waals surface area contributed by atoms with Crippen molar-refractivity contribution in [2.24, 2.45) is 0 Å². The van der Waals surface area contributed by atoms with E-state index in [0.29, 0.717) is 0 Å². The Labute approximate surface area is 106 Å². The van der Waals surface area contributed by atoms with Gasteiger partial charge in [0.1, 0.15) is 6.33 Å². The highest BCUT2D eigenvalue weighted by atomic mass is 32.1. The predicted molar refractivity (Wildman–Crippen MR) is 70.3 cm³/mol. The van der Waals surface area contributed by atoms with Crippen molar-refractivity contribution in [1.29, 1.82) is 0 Å². The van der Waals surface area contributed by atoms with Gasteiger partial charge in [-0.05, 0) is 44.2 Å². The van der Waals surface area contributed by atoms with E-state index in [0.717, 1.165) is 12.4 Å². The standard InChI is InChI=1S/C13H17N3S/c1-2-16-9-14-15-13(16)12-8-10-6-4-3-5-7-11(10)17-12/h8-9H,2-7H2,1H3. The molecule has 17 heavy (non-hydrogen) atoms. The van der Waals surface area contributed by atoms with Crippen molar-refractivity contribution < 1.29 is 0 Å². The van der Waals surface area contributed by atoms with Gasteiger partial charge in [-0.3, -0.25) is 0 Å². The van der Waals surface area contributed by atoms with E-state index in [9.17, 15) is 0 Å². The number of aryl methyl sites for hydroxylation is 3. The van der Waals surface area contributed by atoms with E-state index in [1.807, 2.05) is 17.7 Å². The van der Waals surface area contributed by atoms with Crippen molar-refractivity contribution >= 4 is 11.3 Å². The molecule has 1 aliphatic carbocycles. The first kappa shape index (κ1) is 11.0. The van der Waals surface area contributed by atoms with Crippen LogP contribution in [0.4, 0.5) is 0 Å². The molecule has 2 aromatic heterocycles. The Bertz CT molecular complexity index is 489. The third-order valence-electron chi connectivity index (χ3n) is 3.42. The van der Waals surface area contributed by atoms with Crippen LogP contribution in [0.5, 0.6) is 0 Å². The van der Waals surface area contributed by atoms with Gasteiger partial charge in [-0.2, -0.15) is 0 Å². The average Bonchev–Trinajstić information content (AvgIpc) is 2.91. The molecule has 0 spiro atoms. The van der Waals surface area contributed by atoms with Gasteiger partial charge in [0.2, 0.25) is 0 Å². The van der Waals surface area contributed by atoms with Gasteiger partial charge in [-0.25, -0.2) is 0 Å². The molecule has 0 bridgehead atoms. The van der Waals surface area contributed by atoms with Crippen molar-refractivity contribution in [1.82, 2.24) is 14.8 Å². The van der Waals surface area contributed by atoms with Crippen molar-refractivity contribution in [3.05, 3.63) is 22.8 Å². The number of fused-ring (bicyclic) bond motifs is 1. The Morgan fingerprint density at radius 1 is 1.29 bits per heavy atom. The maximum Gasteiger partial charge on any atom is 0.173 e. The van der Waals surface area contributed by atoms with Crippen LogP contribution < -0.4 is 0 Å². The zero-order valence-corrected chi connectivity index (χ0v) is 11.0. The maximum absolute atomic E-state index is 4.25. The van der Waals surface area contributed by atoms with Gasteiger partial charge >= 0.3 is 0 Å². The van der Waals surface area contributed by atoms with Crippen LogP contribution in [-0.4, -0.2) is 14.8 Å². The minimum absolute atomic E-state index is 0.935. The number of hydrogen-bond donors (Lipinski definition) is 0. The molecule has 0 aromatic carbocycles. The normalized spacial score (nSPS) is 15.6.